The van der Waals surface area contributed by atoms with Crippen molar-refractivity contribution >= 4 is 32.7 Å². The molecule has 1 saturated heterocycles. The molecule has 2 heterocycles. The van der Waals surface area contributed by atoms with Gasteiger partial charge < -0.3 is 9.73 Å². The molecule has 1 aliphatic rings. The number of anilines is 1. The Morgan fingerprint density at radius 3 is 2.41 bits per heavy atom. The molecule has 0 spiro atoms. The van der Waals surface area contributed by atoms with Crippen LogP contribution < -0.4 is 11.1 Å². The van der Waals surface area contributed by atoms with Gasteiger partial charge in [0.25, 0.3) is 0 Å². The molecule has 0 saturated carbocycles. The minimum Gasteiger partial charge on any atom is -0.408 e. The maximum atomic E-state index is 13.2. The molecule has 0 unspecified atom stereocenters. The van der Waals surface area contributed by atoms with Crippen molar-refractivity contribution in [3.63, 3.8) is 0 Å². The lowest BCUT2D eigenvalue weighted by Gasteiger charge is -2.31. The first-order valence-corrected chi connectivity index (χ1v) is 13.2. The molecule has 1 aromatic heterocycles. The molecular weight excluding hydrogens is 454 g/mol. The maximum absolute atomic E-state index is 13.2. The third-order valence-corrected chi connectivity index (χ3v) is 8.40. The highest BCUT2D eigenvalue weighted by atomic mass is 32.2. The highest BCUT2D eigenvalue weighted by Crippen LogP contribution is 2.28. The molecule has 8 nitrogen and oxygen atoms in total. The van der Waals surface area contributed by atoms with E-state index in [4.69, 9.17) is 4.42 Å². The zero-order valence-electron chi connectivity index (χ0n) is 19.8. The van der Waals surface area contributed by atoms with Gasteiger partial charge in [0.15, 0.2) is 5.58 Å². The van der Waals surface area contributed by atoms with Crippen molar-refractivity contribution in [1.82, 2.24) is 8.87 Å². The number of nitrogens with one attached hydrogen (secondary N) is 1. The van der Waals surface area contributed by atoms with Crippen molar-refractivity contribution in [1.29, 1.82) is 0 Å². The lowest BCUT2D eigenvalue weighted by molar-refractivity contribution is -0.117. The number of carbonyl (C=O) groups is 1. The minimum atomic E-state index is -3.71. The third-order valence-electron chi connectivity index (χ3n) is 6.50. The van der Waals surface area contributed by atoms with Crippen LogP contribution in [0.4, 0.5) is 5.69 Å². The largest absolute Gasteiger partial charge is 0.419 e. The summed E-state index contributed by atoms with van der Waals surface area (Å²) in [6.07, 6.45) is 1.59. The van der Waals surface area contributed by atoms with Crippen LogP contribution in [0.1, 0.15) is 51.5 Å². The Balaban J connectivity index is 1.36. The van der Waals surface area contributed by atoms with E-state index in [1.54, 1.807) is 6.07 Å². The summed E-state index contributed by atoms with van der Waals surface area (Å²) >= 11 is 0. The molecule has 0 radical (unpaired) electrons. The average Bonchev–Trinajstić information content (AvgIpc) is 3.13. The molecule has 1 N–H and O–H groups in total. The summed E-state index contributed by atoms with van der Waals surface area (Å²) in [5.74, 6) is 0.00562. The van der Waals surface area contributed by atoms with Gasteiger partial charge in [-0.1, -0.05) is 26.0 Å². The molecule has 2 aromatic carbocycles. The first-order valence-electron chi connectivity index (χ1n) is 11.7. The second kappa shape index (κ2) is 9.76. The van der Waals surface area contributed by atoms with Crippen LogP contribution in [0, 0.1) is 5.92 Å². The summed E-state index contributed by atoms with van der Waals surface area (Å²) in [5.41, 5.74) is 2.83. The van der Waals surface area contributed by atoms with E-state index in [1.807, 2.05) is 31.2 Å². The summed E-state index contributed by atoms with van der Waals surface area (Å²) in [4.78, 5) is 24.5. The zero-order valence-corrected chi connectivity index (χ0v) is 20.6. The monoisotopic (exact) mass is 485 g/mol. The van der Waals surface area contributed by atoms with Crippen LogP contribution in [0.25, 0.3) is 11.1 Å². The lowest BCUT2D eigenvalue weighted by atomic mass is 9.94. The number of sulfonamides is 1. The number of benzene rings is 2. The smallest absolute Gasteiger partial charge is 0.408 e. The van der Waals surface area contributed by atoms with Crippen molar-refractivity contribution in [3.8, 4) is 0 Å². The van der Waals surface area contributed by atoms with E-state index in [9.17, 15) is 18.0 Å². The molecule has 0 aliphatic carbocycles. The van der Waals surface area contributed by atoms with E-state index >= 15 is 0 Å². The maximum Gasteiger partial charge on any atom is 0.419 e. The summed E-state index contributed by atoms with van der Waals surface area (Å²) in [7, 11) is -3.71. The summed E-state index contributed by atoms with van der Waals surface area (Å²) in [5, 5.41) is 2.94. The standard InChI is InChI=1S/C25H31N3O5S/c1-4-28-22-10-9-21(16-23(22)33-25(28)30)34(31,32)27-13-11-18(12-14-27)15-24(29)26-20-7-5-19(6-8-20)17(2)3/h5-10,16-18H,4,11-15H2,1-3H3,(H,26,29). The van der Waals surface area contributed by atoms with Crippen LogP contribution in [0.3, 0.4) is 0 Å². The number of oxazole rings is 1. The van der Waals surface area contributed by atoms with Gasteiger partial charge >= 0.3 is 5.76 Å². The Kier molecular flexibility index (Phi) is 6.95. The number of amides is 1. The van der Waals surface area contributed by atoms with Gasteiger partial charge in [-0.3, -0.25) is 9.36 Å². The van der Waals surface area contributed by atoms with Crippen LogP contribution in [-0.4, -0.2) is 36.3 Å². The molecule has 34 heavy (non-hydrogen) atoms. The molecule has 0 bridgehead atoms. The van der Waals surface area contributed by atoms with Crippen LogP contribution in [0.5, 0.6) is 0 Å². The van der Waals surface area contributed by atoms with Crippen molar-refractivity contribution < 1.29 is 17.6 Å². The molecule has 3 aromatic rings. The first-order chi connectivity index (χ1) is 16.2. The summed E-state index contributed by atoms with van der Waals surface area (Å²) in [6.45, 7) is 7.22. The minimum absolute atomic E-state index is 0.0560. The zero-order chi connectivity index (χ0) is 24.5. The Morgan fingerprint density at radius 2 is 1.79 bits per heavy atom. The van der Waals surface area contributed by atoms with Gasteiger partial charge in [0.05, 0.1) is 10.4 Å². The van der Waals surface area contributed by atoms with Gasteiger partial charge in [-0.25, -0.2) is 13.2 Å². The van der Waals surface area contributed by atoms with Crippen molar-refractivity contribution in [2.75, 3.05) is 18.4 Å². The number of nitrogens with zero attached hydrogens (tertiary/aromatic N) is 2. The summed E-state index contributed by atoms with van der Waals surface area (Å²) < 4.78 is 34.4. The van der Waals surface area contributed by atoms with Gasteiger partial charge in [-0.15, -0.1) is 0 Å². The van der Waals surface area contributed by atoms with E-state index in [2.05, 4.69) is 19.2 Å². The number of fused-ring (bicyclic) bond motifs is 1. The fraction of sp³-hybridized carbons (Fsp3) is 0.440. The number of hydrogen-bond acceptors (Lipinski definition) is 5. The average molecular weight is 486 g/mol. The van der Waals surface area contributed by atoms with Gasteiger partial charge in [0.2, 0.25) is 15.9 Å². The predicted molar refractivity (Wildman–Crippen MR) is 131 cm³/mol. The van der Waals surface area contributed by atoms with Crippen LogP contribution >= 0.6 is 0 Å². The summed E-state index contributed by atoms with van der Waals surface area (Å²) in [6, 6.07) is 12.4. The van der Waals surface area contributed by atoms with Crippen LogP contribution in [0.15, 0.2) is 56.6 Å². The topological polar surface area (TPSA) is 102 Å². The Labute approximate surface area is 199 Å². The molecule has 9 heteroatoms. The quantitative estimate of drug-likeness (QED) is 0.541. The van der Waals surface area contributed by atoms with E-state index in [1.165, 1.54) is 26.6 Å². The lowest BCUT2D eigenvalue weighted by Crippen LogP contribution is -2.39. The number of piperidine rings is 1. The molecular formula is C25H31N3O5S. The van der Waals surface area contributed by atoms with Gasteiger partial charge in [-0.2, -0.15) is 4.31 Å². The normalized spacial score (nSPS) is 15.8. The van der Waals surface area contributed by atoms with E-state index < -0.39 is 15.8 Å². The number of hydrogen-bond donors (Lipinski definition) is 1. The van der Waals surface area contributed by atoms with Gasteiger partial charge in [0.1, 0.15) is 0 Å². The molecule has 4 rings (SSSR count). The van der Waals surface area contributed by atoms with E-state index in [-0.39, 0.29) is 22.3 Å². The van der Waals surface area contributed by atoms with Crippen LogP contribution in [0.2, 0.25) is 0 Å². The Bertz CT molecular complexity index is 1330. The van der Waals surface area contributed by atoms with Crippen molar-refractivity contribution in [2.24, 2.45) is 5.92 Å². The number of rotatable bonds is 7. The molecule has 1 amide bonds. The number of aromatic nitrogens is 1. The highest BCUT2D eigenvalue weighted by Gasteiger charge is 2.30. The molecule has 1 fully saturated rings. The fourth-order valence-corrected chi connectivity index (χ4v) is 5.92. The first kappa shape index (κ1) is 24.2. The Hall–Kier alpha value is -2.91. The second-order valence-corrected chi connectivity index (χ2v) is 11.1. The molecule has 0 atom stereocenters. The van der Waals surface area contributed by atoms with E-state index in [0.29, 0.717) is 50.3 Å². The SMILES string of the molecule is CCn1c(=O)oc2cc(S(=O)(=O)N3CCC(CC(=O)Nc4ccc(C(C)C)cc4)CC3)ccc21. The molecule has 182 valence electrons. The highest BCUT2D eigenvalue weighted by molar-refractivity contribution is 7.89. The number of aryl methyl sites for hydroxylation is 1. The van der Waals surface area contributed by atoms with Crippen molar-refractivity contribution in [2.45, 2.75) is 57.4 Å². The second-order valence-electron chi connectivity index (χ2n) is 9.12. The van der Waals surface area contributed by atoms with Crippen LogP contribution in [-0.2, 0) is 21.4 Å². The van der Waals surface area contributed by atoms with Crippen molar-refractivity contribution in [3.05, 3.63) is 58.6 Å². The predicted octanol–water partition coefficient (Wildman–Crippen LogP) is 4.17. The molecule has 1 aliphatic heterocycles. The fourth-order valence-electron chi connectivity index (χ4n) is 4.43. The Morgan fingerprint density at radius 1 is 1.12 bits per heavy atom. The van der Waals surface area contributed by atoms with Gasteiger partial charge in [-0.05, 0) is 61.4 Å². The van der Waals surface area contributed by atoms with Gasteiger partial charge in [0, 0.05) is 37.8 Å². The third kappa shape index (κ3) is 4.95. The van der Waals surface area contributed by atoms with E-state index in [0.717, 1.165) is 5.69 Å². The number of carbonyl (C=O) groups excluding carboxylic acids is 1.